The number of urea groups is 1. The van der Waals surface area contributed by atoms with Crippen molar-refractivity contribution in [2.75, 3.05) is 11.9 Å². The molecule has 2 N–H and O–H groups in total. The fourth-order valence-electron chi connectivity index (χ4n) is 2.19. The van der Waals surface area contributed by atoms with E-state index in [9.17, 15) is 4.79 Å². The van der Waals surface area contributed by atoms with Crippen molar-refractivity contribution in [3.8, 4) is 11.4 Å². The predicted molar refractivity (Wildman–Crippen MR) is 94.0 cm³/mol. The summed E-state index contributed by atoms with van der Waals surface area (Å²) in [7, 11) is 1.82. The van der Waals surface area contributed by atoms with E-state index in [1.165, 1.54) is 0 Å². The molecule has 0 fully saturated rings. The van der Waals surface area contributed by atoms with Crippen LogP contribution in [-0.2, 0) is 7.05 Å². The van der Waals surface area contributed by atoms with Gasteiger partial charge in [0.15, 0.2) is 5.82 Å². The minimum Gasteiger partial charge on any atom is -0.337 e. The number of thiazole rings is 1. The summed E-state index contributed by atoms with van der Waals surface area (Å²) in [5.74, 6) is 0.804. The first kappa shape index (κ1) is 16.1. The van der Waals surface area contributed by atoms with E-state index in [4.69, 9.17) is 0 Å². The van der Waals surface area contributed by atoms with Crippen LogP contribution in [0.15, 0.2) is 42.2 Å². The molecule has 1 atom stereocenters. The average Bonchev–Trinajstić information content (AvgIpc) is 3.24. The minimum absolute atomic E-state index is 0.180. The largest absolute Gasteiger partial charge is 0.337 e. The van der Waals surface area contributed by atoms with Crippen LogP contribution in [0.2, 0.25) is 0 Å². The van der Waals surface area contributed by atoms with E-state index in [1.54, 1.807) is 28.5 Å². The maximum Gasteiger partial charge on any atom is 0.319 e. The lowest BCUT2D eigenvalue weighted by Gasteiger charge is -2.11. The van der Waals surface area contributed by atoms with E-state index in [0.29, 0.717) is 18.1 Å². The van der Waals surface area contributed by atoms with Crippen LogP contribution in [0.4, 0.5) is 10.5 Å². The molecule has 7 nitrogen and oxygen atoms in total. The molecule has 2 aromatic heterocycles. The maximum absolute atomic E-state index is 12.1. The molecular formula is C16H18N6OS. The van der Waals surface area contributed by atoms with Crippen molar-refractivity contribution in [1.29, 1.82) is 0 Å². The Kier molecular flexibility index (Phi) is 4.85. The number of hydrogen-bond donors (Lipinski definition) is 2. The lowest BCUT2D eigenvalue weighted by molar-refractivity contribution is 0.251. The molecule has 0 unspecified atom stereocenters. The van der Waals surface area contributed by atoms with Gasteiger partial charge < -0.3 is 10.6 Å². The summed E-state index contributed by atoms with van der Waals surface area (Å²) in [6.45, 7) is 2.56. The summed E-state index contributed by atoms with van der Waals surface area (Å²) in [5, 5.41) is 12.9. The summed E-state index contributed by atoms with van der Waals surface area (Å²) >= 11 is 1.59. The van der Waals surface area contributed by atoms with Gasteiger partial charge in [-0.1, -0.05) is 19.1 Å². The van der Waals surface area contributed by atoms with Gasteiger partial charge in [-0.05, 0) is 12.1 Å². The second-order valence-electron chi connectivity index (χ2n) is 5.43. The van der Waals surface area contributed by atoms with Crippen molar-refractivity contribution < 1.29 is 4.79 Å². The van der Waals surface area contributed by atoms with Crippen LogP contribution in [0.3, 0.4) is 0 Å². The molecule has 124 valence electrons. The highest BCUT2D eigenvalue weighted by molar-refractivity contribution is 7.09. The molecule has 2 amide bonds. The number of rotatable bonds is 5. The fourth-order valence-corrected chi connectivity index (χ4v) is 2.89. The number of benzene rings is 1. The van der Waals surface area contributed by atoms with Gasteiger partial charge >= 0.3 is 6.03 Å². The van der Waals surface area contributed by atoms with Gasteiger partial charge in [0, 0.05) is 42.3 Å². The summed E-state index contributed by atoms with van der Waals surface area (Å²) in [4.78, 5) is 20.5. The monoisotopic (exact) mass is 342 g/mol. The van der Waals surface area contributed by atoms with Crippen LogP contribution >= 0.6 is 11.3 Å². The van der Waals surface area contributed by atoms with E-state index in [1.807, 2.05) is 43.6 Å². The molecule has 0 aliphatic carbocycles. The summed E-state index contributed by atoms with van der Waals surface area (Å²) < 4.78 is 1.64. The van der Waals surface area contributed by atoms with Crippen LogP contribution < -0.4 is 10.6 Å². The van der Waals surface area contributed by atoms with Crippen molar-refractivity contribution in [2.45, 2.75) is 12.8 Å². The maximum atomic E-state index is 12.1. The van der Waals surface area contributed by atoms with Crippen LogP contribution in [0, 0.1) is 0 Å². The number of nitrogens with zero attached hydrogens (tertiary/aromatic N) is 4. The van der Waals surface area contributed by atoms with Crippen LogP contribution in [-0.4, -0.2) is 32.3 Å². The number of hydrogen-bond acceptors (Lipinski definition) is 5. The van der Waals surface area contributed by atoms with E-state index < -0.39 is 0 Å². The molecule has 0 radical (unpaired) electrons. The number of amides is 2. The van der Waals surface area contributed by atoms with Gasteiger partial charge in [-0.3, -0.25) is 4.68 Å². The Labute approximate surface area is 143 Å². The third-order valence-corrected chi connectivity index (χ3v) is 4.43. The first-order valence-electron chi connectivity index (χ1n) is 7.52. The van der Waals surface area contributed by atoms with Gasteiger partial charge in [0.25, 0.3) is 0 Å². The molecule has 0 saturated heterocycles. The van der Waals surface area contributed by atoms with E-state index in [2.05, 4.69) is 25.7 Å². The third-order valence-electron chi connectivity index (χ3n) is 3.42. The number of aryl methyl sites for hydroxylation is 1. The predicted octanol–water partition coefficient (Wildman–Crippen LogP) is 2.86. The molecule has 3 rings (SSSR count). The first-order valence-corrected chi connectivity index (χ1v) is 8.40. The Bertz CT molecular complexity index is 814. The molecule has 0 spiro atoms. The van der Waals surface area contributed by atoms with Crippen LogP contribution in [0.25, 0.3) is 11.4 Å². The lowest BCUT2D eigenvalue weighted by atomic mass is 10.2. The van der Waals surface area contributed by atoms with Crippen molar-refractivity contribution in [1.82, 2.24) is 25.1 Å². The van der Waals surface area contributed by atoms with Crippen molar-refractivity contribution in [3.63, 3.8) is 0 Å². The lowest BCUT2D eigenvalue weighted by Crippen LogP contribution is -2.31. The normalized spacial score (nSPS) is 11.9. The van der Waals surface area contributed by atoms with Crippen LogP contribution in [0.5, 0.6) is 0 Å². The standard InChI is InChI=1S/C16H18N6OS/c1-11(15-17-6-7-24-15)9-18-16(23)20-13-5-3-4-12(8-13)14-19-10-22(2)21-14/h3-8,10-11H,9H2,1-2H3,(H2,18,20,23)/t11-/m0/s1. The molecule has 24 heavy (non-hydrogen) atoms. The minimum atomic E-state index is -0.246. The number of aromatic nitrogens is 4. The molecule has 0 saturated carbocycles. The van der Waals surface area contributed by atoms with Crippen molar-refractivity contribution in [2.24, 2.45) is 7.05 Å². The molecule has 8 heteroatoms. The van der Waals surface area contributed by atoms with E-state index >= 15 is 0 Å². The molecule has 3 aromatic rings. The third kappa shape index (κ3) is 3.96. The zero-order chi connectivity index (χ0) is 16.9. The van der Waals surface area contributed by atoms with E-state index in [-0.39, 0.29) is 11.9 Å². The molecule has 2 heterocycles. The zero-order valence-corrected chi connectivity index (χ0v) is 14.2. The zero-order valence-electron chi connectivity index (χ0n) is 13.4. The number of carbonyl (C=O) groups is 1. The second kappa shape index (κ2) is 7.22. The summed E-state index contributed by atoms with van der Waals surface area (Å²) in [6, 6.07) is 7.20. The molecule has 1 aromatic carbocycles. The average molecular weight is 342 g/mol. The second-order valence-corrected chi connectivity index (χ2v) is 6.36. The highest BCUT2D eigenvalue weighted by Gasteiger charge is 2.10. The molecule has 0 aliphatic rings. The highest BCUT2D eigenvalue weighted by atomic mass is 32.1. The summed E-state index contributed by atoms with van der Waals surface area (Å²) in [6.07, 6.45) is 3.41. The molecule has 0 aliphatic heterocycles. The van der Waals surface area contributed by atoms with Gasteiger partial charge in [0.05, 0.1) is 5.01 Å². The Hall–Kier alpha value is -2.74. The number of anilines is 1. The van der Waals surface area contributed by atoms with Gasteiger partial charge in [0.1, 0.15) is 6.33 Å². The Balaban J connectivity index is 1.58. The SMILES string of the molecule is C[C@@H](CNC(=O)Nc1cccc(-c2ncn(C)n2)c1)c1nccs1. The van der Waals surface area contributed by atoms with Gasteiger partial charge in [-0.2, -0.15) is 5.10 Å². The van der Waals surface area contributed by atoms with Crippen molar-refractivity contribution >= 4 is 23.1 Å². The Morgan fingerprint density at radius 3 is 2.96 bits per heavy atom. The summed E-state index contributed by atoms with van der Waals surface area (Å²) in [5.41, 5.74) is 1.55. The number of carbonyl (C=O) groups excluding carboxylic acids is 1. The van der Waals surface area contributed by atoms with Gasteiger partial charge in [0.2, 0.25) is 0 Å². The first-order chi connectivity index (χ1) is 11.6. The fraction of sp³-hybridized carbons (Fsp3) is 0.250. The smallest absolute Gasteiger partial charge is 0.319 e. The Morgan fingerprint density at radius 2 is 2.25 bits per heavy atom. The quantitative estimate of drug-likeness (QED) is 0.747. The van der Waals surface area contributed by atoms with Gasteiger partial charge in [-0.25, -0.2) is 14.8 Å². The van der Waals surface area contributed by atoms with Crippen molar-refractivity contribution in [3.05, 3.63) is 47.2 Å². The molecule has 0 bridgehead atoms. The topological polar surface area (TPSA) is 84.7 Å². The number of nitrogens with one attached hydrogen (secondary N) is 2. The van der Waals surface area contributed by atoms with E-state index in [0.717, 1.165) is 10.6 Å². The molecular weight excluding hydrogens is 324 g/mol. The highest BCUT2D eigenvalue weighted by Crippen LogP contribution is 2.19. The van der Waals surface area contributed by atoms with Crippen LogP contribution in [0.1, 0.15) is 17.8 Å². The Morgan fingerprint density at radius 1 is 1.38 bits per heavy atom. The van der Waals surface area contributed by atoms with Gasteiger partial charge in [-0.15, -0.1) is 11.3 Å².